The van der Waals surface area contributed by atoms with E-state index in [2.05, 4.69) is 41.2 Å². The van der Waals surface area contributed by atoms with Crippen LogP contribution in [0, 0.1) is 6.92 Å². The summed E-state index contributed by atoms with van der Waals surface area (Å²) in [5.74, 6) is -0.00341. The van der Waals surface area contributed by atoms with Gasteiger partial charge in [-0.1, -0.05) is 36.2 Å². The minimum atomic E-state index is -0.0850. The second-order valence-electron chi connectivity index (χ2n) is 8.91. The number of fused-ring (bicyclic) bond motifs is 2. The normalized spacial score (nSPS) is 19.5. The Balaban J connectivity index is 1.48. The quantitative estimate of drug-likeness (QED) is 0.708. The van der Waals surface area contributed by atoms with Crippen molar-refractivity contribution in [1.82, 2.24) is 24.4 Å². The fraction of sp³-hybridized carbons (Fsp3) is 0.458. The molecule has 0 unspecified atom stereocenters. The van der Waals surface area contributed by atoms with Crippen LogP contribution in [0.3, 0.4) is 0 Å². The first-order valence-electron chi connectivity index (χ1n) is 11.2. The lowest BCUT2D eigenvalue weighted by atomic mass is 9.98. The number of rotatable bonds is 3. The molecule has 1 fully saturated rings. The van der Waals surface area contributed by atoms with Gasteiger partial charge in [0.1, 0.15) is 0 Å². The highest BCUT2D eigenvalue weighted by molar-refractivity contribution is 5.73. The fourth-order valence-corrected chi connectivity index (χ4v) is 5.02. The number of likely N-dealkylation sites (tertiary alicyclic amines) is 1. The lowest BCUT2D eigenvalue weighted by Crippen LogP contribution is -2.39. The minimum absolute atomic E-state index is 0.00341. The van der Waals surface area contributed by atoms with E-state index in [4.69, 9.17) is 4.98 Å². The Morgan fingerprint density at radius 1 is 1.23 bits per heavy atom. The summed E-state index contributed by atoms with van der Waals surface area (Å²) in [7, 11) is 0. The van der Waals surface area contributed by atoms with Crippen LogP contribution in [-0.4, -0.2) is 43.4 Å². The number of piperidine rings is 1. The first-order chi connectivity index (χ1) is 15.0. The van der Waals surface area contributed by atoms with E-state index in [0.29, 0.717) is 30.7 Å². The van der Waals surface area contributed by atoms with Crippen LogP contribution < -0.4 is 5.56 Å². The molecule has 7 heteroatoms. The highest BCUT2D eigenvalue weighted by Crippen LogP contribution is 2.32. The molecular weight excluding hydrogens is 390 g/mol. The zero-order valence-corrected chi connectivity index (χ0v) is 18.2. The van der Waals surface area contributed by atoms with Crippen molar-refractivity contribution in [3.8, 4) is 0 Å². The third-order valence-electron chi connectivity index (χ3n) is 6.67. The van der Waals surface area contributed by atoms with Crippen LogP contribution in [0.5, 0.6) is 0 Å². The molecule has 0 aliphatic carbocycles. The number of hydrogen-bond acceptors (Lipinski definition) is 4. The van der Waals surface area contributed by atoms with Crippen molar-refractivity contribution >= 4 is 11.6 Å². The predicted octanol–water partition coefficient (Wildman–Crippen LogP) is 2.96. The molecule has 0 saturated carbocycles. The summed E-state index contributed by atoms with van der Waals surface area (Å²) in [5.41, 5.74) is 5.69. The average molecular weight is 420 g/mol. The van der Waals surface area contributed by atoms with Gasteiger partial charge in [-0.15, -0.1) is 0 Å². The van der Waals surface area contributed by atoms with Gasteiger partial charge in [-0.2, -0.15) is 0 Å². The molecule has 4 heterocycles. The molecule has 1 atom stereocenters. The zero-order valence-electron chi connectivity index (χ0n) is 18.2. The topological polar surface area (TPSA) is 73.7 Å². The first kappa shape index (κ1) is 20.0. The summed E-state index contributed by atoms with van der Waals surface area (Å²) in [6.07, 6.45) is 4.06. The first-order valence-corrected chi connectivity index (χ1v) is 11.2. The number of H-pyrrole nitrogens is 1. The van der Waals surface area contributed by atoms with Crippen LogP contribution >= 0.6 is 0 Å². The average Bonchev–Trinajstić information content (AvgIpc) is 3.18. The highest BCUT2D eigenvalue weighted by Gasteiger charge is 2.28. The molecule has 1 N–H and O–H groups in total. The number of aromatic nitrogens is 3. The van der Waals surface area contributed by atoms with E-state index in [1.54, 1.807) is 16.3 Å². The molecule has 1 aromatic carbocycles. The van der Waals surface area contributed by atoms with Crippen molar-refractivity contribution in [2.24, 2.45) is 0 Å². The van der Waals surface area contributed by atoms with Crippen LogP contribution in [0.25, 0.3) is 5.65 Å². The van der Waals surface area contributed by atoms with Gasteiger partial charge < -0.3 is 4.90 Å². The van der Waals surface area contributed by atoms with Crippen LogP contribution in [-0.2, 0) is 24.3 Å². The number of aryl methyl sites for hydroxylation is 1. The molecule has 31 heavy (non-hydrogen) atoms. The van der Waals surface area contributed by atoms with Crippen LogP contribution in [0.2, 0.25) is 0 Å². The molecule has 2 aromatic heterocycles. The van der Waals surface area contributed by atoms with E-state index in [9.17, 15) is 9.59 Å². The Morgan fingerprint density at radius 2 is 2.10 bits per heavy atom. The number of nitrogens with zero attached hydrogens (tertiary/aromatic N) is 4. The predicted molar refractivity (Wildman–Crippen MR) is 119 cm³/mol. The van der Waals surface area contributed by atoms with E-state index in [1.807, 2.05) is 6.07 Å². The maximum absolute atomic E-state index is 13.2. The van der Waals surface area contributed by atoms with Gasteiger partial charge in [0, 0.05) is 32.5 Å². The summed E-state index contributed by atoms with van der Waals surface area (Å²) in [6, 6.07) is 11.0. The van der Waals surface area contributed by atoms with E-state index >= 15 is 0 Å². The molecule has 0 bridgehead atoms. The molecular formula is C24H29N5O2. The number of benzene rings is 1. The lowest BCUT2D eigenvalue weighted by molar-refractivity contribution is -0.129. The Labute approximate surface area is 181 Å². The molecule has 3 aromatic rings. The van der Waals surface area contributed by atoms with E-state index in [0.717, 1.165) is 30.9 Å². The fourth-order valence-electron chi connectivity index (χ4n) is 5.02. The summed E-state index contributed by atoms with van der Waals surface area (Å²) >= 11 is 0. The molecule has 0 radical (unpaired) electrons. The Morgan fingerprint density at radius 3 is 2.90 bits per heavy atom. The van der Waals surface area contributed by atoms with Crippen molar-refractivity contribution in [2.75, 3.05) is 13.1 Å². The zero-order chi connectivity index (χ0) is 21.5. The van der Waals surface area contributed by atoms with Gasteiger partial charge in [-0.25, -0.2) is 9.50 Å². The van der Waals surface area contributed by atoms with Crippen molar-refractivity contribution in [1.29, 1.82) is 0 Å². The monoisotopic (exact) mass is 419 g/mol. The van der Waals surface area contributed by atoms with E-state index in [-0.39, 0.29) is 17.5 Å². The second-order valence-corrected chi connectivity index (χ2v) is 8.91. The largest absolute Gasteiger partial charge is 0.338 e. The molecule has 2 aliphatic rings. The van der Waals surface area contributed by atoms with Gasteiger partial charge in [-0.3, -0.25) is 19.6 Å². The SMILES string of the molecule is CC(=O)N1CCc2nc3cc([C@@H]4CCCCN4Cc4cccc(C)c4)[nH]n3c(=O)c2C1. The Hall–Kier alpha value is -2.93. The van der Waals surface area contributed by atoms with Gasteiger partial charge in [0.05, 0.1) is 29.5 Å². The maximum Gasteiger partial charge on any atom is 0.277 e. The summed E-state index contributed by atoms with van der Waals surface area (Å²) in [4.78, 5) is 34.0. The molecule has 2 aliphatic heterocycles. The number of amides is 1. The third kappa shape index (κ3) is 3.78. The van der Waals surface area contributed by atoms with Gasteiger partial charge in [0.25, 0.3) is 5.56 Å². The summed E-state index contributed by atoms with van der Waals surface area (Å²) in [6.45, 7) is 6.58. The van der Waals surface area contributed by atoms with Crippen molar-refractivity contribution < 1.29 is 4.79 Å². The number of carbonyl (C=O) groups is 1. The van der Waals surface area contributed by atoms with Gasteiger partial charge in [0.15, 0.2) is 5.65 Å². The van der Waals surface area contributed by atoms with E-state index in [1.165, 1.54) is 24.0 Å². The molecule has 7 nitrogen and oxygen atoms in total. The van der Waals surface area contributed by atoms with Crippen LogP contribution in [0.4, 0.5) is 0 Å². The second kappa shape index (κ2) is 7.96. The molecule has 1 amide bonds. The third-order valence-corrected chi connectivity index (χ3v) is 6.67. The highest BCUT2D eigenvalue weighted by atomic mass is 16.2. The number of carbonyl (C=O) groups excluding carboxylic acids is 1. The van der Waals surface area contributed by atoms with Gasteiger partial charge in [-0.05, 0) is 31.9 Å². The van der Waals surface area contributed by atoms with Crippen molar-refractivity contribution in [3.05, 3.63) is 68.8 Å². The summed E-state index contributed by atoms with van der Waals surface area (Å²) in [5, 5.41) is 3.35. The lowest BCUT2D eigenvalue weighted by Gasteiger charge is -2.35. The molecule has 1 saturated heterocycles. The number of aromatic amines is 1. The molecule has 5 rings (SSSR count). The smallest absolute Gasteiger partial charge is 0.277 e. The van der Waals surface area contributed by atoms with Gasteiger partial charge >= 0.3 is 0 Å². The number of nitrogens with one attached hydrogen (secondary N) is 1. The van der Waals surface area contributed by atoms with Crippen molar-refractivity contribution in [3.63, 3.8) is 0 Å². The van der Waals surface area contributed by atoms with Crippen LogP contribution in [0.15, 0.2) is 35.1 Å². The molecule has 162 valence electrons. The Bertz CT molecular complexity index is 1190. The molecule has 0 spiro atoms. The van der Waals surface area contributed by atoms with Gasteiger partial charge in [0.2, 0.25) is 5.91 Å². The number of hydrogen-bond donors (Lipinski definition) is 1. The summed E-state index contributed by atoms with van der Waals surface area (Å²) < 4.78 is 1.57. The maximum atomic E-state index is 13.2. The van der Waals surface area contributed by atoms with Crippen LogP contribution in [0.1, 0.15) is 60.3 Å². The Kier molecular flexibility index (Phi) is 5.14. The standard InChI is InChI=1S/C24H29N5O2/c1-16-6-5-7-18(12-16)14-28-10-4-3-8-22(28)21-13-23-25-20-9-11-27(17(2)30)15-19(20)24(31)29(23)26-21/h5-7,12-13,22,26H,3-4,8-11,14-15H2,1-2H3/t22-/m0/s1. The van der Waals surface area contributed by atoms with Crippen molar-refractivity contribution in [2.45, 2.75) is 58.7 Å². The van der Waals surface area contributed by atoms with E-state index < -0.39 is 0 Å². The minimum Gasteiger partial charge on any atom is -0.338 e.